The van der Waals surface area contributed by atoms with Gasteiger partial charge in [0.1, 0.15) is 11.5 Å². The van der Waals surface area contributed by atoms with Crippen LogP contribution in [0.3, 0.4) is 0 Å². The smallest absolute Gasteiger partial charge is 0.411 e. The second kappa shape index (κ2) is 10.5. The molecule has 240 valence electrons. The number of fused-ring (bicyclic) bond motifs is 2. The van der Waals surface area contributed by atoms with Gasteiger partial charge >= 0.3 is 12.4 Å². The minimum atomic E-state index is -6.24. The Balaban J connectivity index is 1.57. The van der Waals surface area contributed by atoms with Gasteiger partial charge in [0.05, 0.1) is 33.6 Å². The van der Waals surface area contributed by atoms with Crippen LogP contribution in [0.25, 0.3) is 0 Å². The van der Waals surface area contributed by atoms with Crippen LogP contribution in [-0.4, -0.2) is 46.2 Å². The van der Waals surface area contributed by atoms with Crippen LogP contribution in [0.1, 0.15) is 52.6 Å². The number of halogens is 8. The number of hydrogen-bond donors (Lipinski definition) is 2. The average molecular weight is 695 g/mol. The third-order valence-corrected chi connectivity index (χ3v) is 8.32. The fourth-order valence-electron chi connectivity index (χ4n) is 5.72. The van der Waals surface area contributed by atoms with Crippen molar-refractivity contribution in [2.24, 2.45) is 0 Å². The number of phenolic OH excluding ortho intramolecular Hbond substituents is 2. The molecule has 0 fully saturated rings. The van der Waals surface area contributed by atoms with Crippen LogP contribution >= 0.6 is 23.2 Å². The fourth-order valence-corrected chi connectivity index (χ4v) is 6.06. The summed E-state index contributed by atoms with van der Waals surface area (Å²) in [4.78, 5) is 52.9. The normalized spacial score (nSPS) is 15.1. The Hall–Kier alpha value is -5.08. The number of anilines is 2. The van der Waals surface area contributed by atoms with Crippen molar-refractivity contribution in [2.45, 2.75) is 17.8 Å². The standard InChI is InChI=1S/C31H14Cl2F6N2O6/c32-15-3-5-17-19(11-15)27(46)40(25(17)44)21-9-13(1-7-23(21)42)29(30(34,35)36,31(37,38)39)14-2-8-24(43)22(10-14)41-26(45)18-6-4-16(33)12-20(18)28(41)47/h1-12,42-43H. The van der Waals surface area contributed by atoms with E-state index in [4.69, 9.17) is 23.2 Å². The Labute approximate surface area is 268 Å². The lowest BCUT2D eigenvalue weighted by atomic mass is 9.72. The third-order valence-electron chi connectivity index (χ3n) is 7.85. The summed E-state index contributed by atoms with van der Waals surface area (Å²) in [6.07, 6.45) is -12.5. The molecule has 0 bridgehead atoms. The van der Waals surface area contributed by atoms with Crippen LogP contribution in [0, 0.1) is 0 Å². The number of benzene rings is 4. The first-order valence-electron chi connectivity index (χ1n) is 13.1. The van der Waals surface area contributed by atoms with Gasteiger partial charge in [-0.2, -0.15) is 26.3 Å². The number of carbonyl (C=O) groups is 4. The van der Waals surface area contributed by atoms with Crippen LogP contribution < -0.4 is 9.80 Å². The van der Waals surface area contributed by atoms with Gasteiger partial charge in [0.25, 0.3) is 23.6 Å². The van der Waals surface area contributed by atoms with Crippen molar-refractivity contribution in [3.8, 4) is 11.5 Å². The SMILES string of the molecule is O=C1c2ccc(Cl)cc2C(=O)N1c1cc(C(c2ccc(O)c(N3C(=O)c4ccc(Cl)cc4C3=O)c2)(C(F)(F)F)C(F)(F)F)ccc1O. The van der Waals surface area contributed by atoms with Gasteiger partial charge in [-0.25, -0.2) is 9.80 Å². The van der Waals surface area contributed by atoms with E-state index in [2.05, 4.69) is 0 Å². The lowest BCUT2D eigenvalue weighted by Crippen LogP contribution is -2.55. The van der Waals surface area contributed by atoms with Gasteiger partial charge in [-0.3, -0.25) is 19.2 Å². The largest absolute Gasteiger partial charge is 0.506 e. The summed E-state index contributed by atoms with van der Waals surface area (Å²) in [5.41, 5.74) is -11.4. The van der Waals surface area contributed by atoms with Gasteiger partial charge in [0.15, 0.2) is 0 Å². The number of rotatable bonds is 4. The molecule has 4 amide bonds. The van der Waals surface area contributed by atoms with E-state index in [1.807, 2.05) is 0 Å². The number of alkyl halides is 6. The van der Waals surface area contributed by atoms with E-state index in [1.54, 1.807) is 0 Å². The molecule has 0 unspecified atom stereocenters. The molecule has 0 aliphatic carbocycles. The highest BCUT2D eigenvalue weighted by atomic mass is 35.5. The van der Waals surface area contributed by atoms with Gasteiger partial charge in [0.2, 0.25) is 5.41 Å². The number of aromatic hydroxyl groups is 2. The molecule has 8 nitrogen and oxygen atoms in total. The zero-order valence-corrected chi connectivity index (χ0v) is 24.4. The molecule has 2 aliphatic rings. The predicted molar refractivity (Wildman–Crippen MR) is 154 cm³/mol. The molecular formula is C31H14Cl2F6N2O6. The molecule has 0 atom stereocenters. The summed E-state index contributed by atoms with van der Waals surface area (Å²) in [5, 5.41) is 21.1. The molecule has 0 aromatic heterocycles. The van der Waals surface area contributed by atoms with E-state index in [9.17, 15) is 29.4 Å². The van der Waals surface area contributed by atoms with Crippen molar-refractivity contribution in [3.05, 3.63) is 116 Å². The summed E-state index contributed by atoms with van der Waals surface area (Å²) in [6.45, 7) is 0. The quantitative estimate of drug-likeness (QED) is 0.170. The monoisotopic (exact) mass is 694 g/mol. The Bertz CT molecular complexity index is 1930. The second-order valence-electron chi connectivity index (χ2n) is 10.4. The molecule has 47 heavy (non-hydrogen) atoms. The molecule has 4 aromatic rings. The summed E-state index contributed by atoms with van der Waals surface area (Å²) in [6, 6.07) is 8.72. The number of phenols is 2. The van der Waals surface area contributed by atoms with E-state index in [1.165, 1.54) is 12.1 Å². The number of imide groups is 2. The molecule has 0 saturated heterocycles. The zero-order valence-electron chi connectivity index (χ0n) is 22.9. The zero-order chi connectivity index (χ0) is 34.4. The Morgan fingerprint density at radius 2 is 0.830 bits per heavy atom. The number of nitrogens with zero attached hydrogens (tertiary/aromatic N) is 2. The Kier molecular flexibility index (Phi) is 7.10. The average Bonchev–Trinajstić information content (AvgIpc) is 3.36. The van der Waals surface area contributed by atoms with Crippen molar-refractivity contribution in [1.29, 1.82) is 0 Å². The van der Waals surface area contributed by atoms with E-state index < -0.39 is 75.4 Å². The molecule has 2 aliphatic heterocycles. The molecule has 2 N–H and O–H groups in total. The van der Waals surface area contributed by atoms with Crippen LogP contribution in [-0.2, 0) is 5.41 Å². The third kappa shape index (κ3) is 4.53. The van der Waals surface area contributed by atoms with Gasteiger partial charge in [-0.15, -0.1) is 0 Å². The Morgan fingerprint density at radius 1 is 0.489 bits per heavy atom. The van der Waals surface area contributed by atoms with E-state index in [-0.39, 0.29) is 54.2 Å². The van der Waals surface area contributed by atoms with Gasteiger partial charge in [-0.05, 0) is 71.8 Å². The molecule has 16 heteroatoms. The van der Waals surface area contributed by atoms with Crippen molar-refractivity contribution in [1.82, 2.24) is 0 Å². The van der Waals surface area contributed by atoms with Gasteiger partial charge < -0.3 is 10.2 Å². The van der Waals surface area contributed by atoms with Gasteiger partial charge in [0, 0.05) is 10.0 Å². The maximum Gasteiger partial charge on any atom is 0.411 e. The number of carbonyl (C=O) groups excluding carboxylic acids is 4. The van der Waals surface area contributed by atoms with Crippen molar-refractivity contribution >= 4 is 58.2 Å². The first-order valence-corrected chi connectivity index (χ1v) is 13.8. The number of hydrogen-bond acceptors (Lipinski definition) is 6. The second-order valence-corrected chi connectivity index (χ2v) is 11.3. The summed E-state index contributed by atoms with van der Waals surface area (Å²) < 4.78 is 90.7. The number of amides is 4. The maximum atomic E-state index is 15.1. The first kappa shape index (κ1) is 31.9. The van der Waals surface area contributed by atoms with Gasteiger partial charge in [-0.1, -0.05) is 35.3 Å². The van der Waals surface area contributed by atoms with E-state index in [0.29, 0.717) is 24.3 Å². The molecule has 0 radical (unpaired) electrons. The summed E-state index contributed by atoms with van der Waals surface area (Å²) in [7, 11) is 0. The highest BCUT2D eigenvalue weighted by molar-refractivity contribution is 6.38. The molecule has 0 spiro atoms. The van der Waals surface area contributed by atoms with Crippen LogP contribution in [0.15, 0.2) is 72.8 Å². The summed E-state index contributed by atoms with van der Waals surface area (Å²) in [5.74, 6) is -6.69. The predicted octanol–water partition coefficient (Wildman–Crippen LogP) is 7.42. The molecule has 0 saturated carbocycles. The van der Waals surface area contributed by atoms with Crippen molar-refractivity contribution < 1.29 is 55.7 Å². The molecular weight excluding hydrogens is 681 g/mol. The minimum absolute atomic E-state index is 0.00201. The molecule has 2 heterocycles. The minimum Gasteiger partial charge on any atom is -0.506 e. The van der Waals surface area contributed by atoms with E-state index in [0.717, 1.165) is 24.3 Å². The summed E-state index contributed by atoms with van der Waals surface area (Å²) >= 11 is 11.8. The van der Waals surface area contributed by atoms with Crippen LogP contribution in [0.4, 0.5) is 37.7 Å². The highest BCUT2D eigenvalue weighted by Crippen LogP contribution is 2.58. The Morgan fingerprint density at radius 3 is 1.17 bits per heavy atom. The molecule has 4 aromatic carbocycles. The van der Waals surface area contributed by atoms with Crippen LogP contribution in [0.5, 0.6) is 11.5 Å². The van der Waals surface area contributed by atoms with E-state index >= 15 is 26.3 Å². The fraction of sp³-hybridized carbons (Fsp3) is 0.0968. The lowest BCUT2D eigenvalue weighted by Gasteiger charge is -2.39. The van der Waals surface area contributed by atoms with Crippen molar-refractivity contribution in [3.63, 3.8) is 0 Å². The lowest BCUT2D eigenvalue weighted by molar-refractivity contribution is -0.288. The van der Waals surface area contributed by atoms with Crippen molar-refractivity contribution in [2.75, 3.05) is 9.80 Å². The topological polar surface area (TPSA) is 115 Å². The highest BCUT2D eigenvalue weighted by Gasteiger charge is 2.73. The molecule has 6 rings (SSSR count). The maximum absolute atomic E-state index is 15.1. The van der Waals surface area contributed by atoms with Crippen LogP contribution in [0.2, 0.25) is 10.0 Å². The first-order chi connectivity index (χ1) is 21.9.